The van der Waals surface area contributed by atoms with Gasteiger partial charge in [0, 0.05) is 6.07 Å². The van der Waals surface area contributed by atoms with E-state index in [0.29, 0.717) is 30.1 Å². The number of halogens is 1. The third kappa shape index (κ3) is 3.23. The molecule has 0 atom stereocenters. The number of esters is 1. The van der Waals surface area contributed by atoms with Crippen LogP contribution in [0.2, 0.25) is 5.15 Å². The number of ether oxygens (including phenoxy) is 2. The van der Waals surface area contributed by atoms with Gasteiger partial charge in [-0.2, -0.15) is 5.10 Å². The van der Waals surface area contributed by atoms with Crippen molar-refractivity contribution < 1.29 is 14.3 Å². The average Bonchev–Trinajstić information content (AvgIpc) is 3.15. The Hall–Kier alpha value is -1.66. The molecule has 0 aliphatic heterocycles. The molecule has 6 nitrogen and oxygen atoms in total. The lowest BCUT2D eigenvalue weighted by atomic mass is 10.3. The van der Waals surface area contributed by atoms with Gasteiger partial charge in [-0.15, -0.1) is 0 Å². The minimum absolute atomic E-state index is 0.199. The van der Waals surface area contributed by atoms with Gasteiger partial charge in [-0.1, -0.05) is 24.4 Å². The van der Waals surface area contributed by atoms with Crippen molar-refractivity contribution in [2.45, 2.75) is 45.3 Å². The summed E-state index contributed by atoms with van der Waals surface area (Å²) in [6.07, 6.45) is 4.98. The molecule has 1 fully saturated rings. The van der Waals surface area contributed by atoms with E-state index in [1.54, 1.807) is 19.1 Å². The van der Waals surface area contributed by atoms with E-state index >= 15 is 0 Å². The molecule has 0 saturated heterocycles. The largest absolute Gasteiger partial charge is 0.461 e. The summed E-state index contributed by atoms with van der Waals surface area (Å²) in [5.41, 5.74) is 1.45. The zero-order valence-electron chi connectivity index (χ0n) is 12.4. The molecule has 0 unspecified atom stereocenters. The van der Waals surface area contributed by atoms with Crippen molar-refractivity contribution in [3.8, 4) is 0 Å². The SMILES string of the molecule is CCOC(=O)c1cc2nc(COC3CCCC3)cc(Cl)n2n1. The summed E-state index contributed by atoms with van der Waals surface area (Å²) in [6.45, 7) is 2.46. The van der Waals surface area contributed by atoms with Gasteiger partial charge in [0.25, 0.3) is 0 Å². The maximum atomic E-state index is 11.7. The zero-order chi connectivity index (χ0) is 15.5. The molecule has 2 aromatic heterocycles. The van der Waals surface area contributed by atoms with Crippen LogP contribution in [0.15, 0.2) is 12.1 Å². The van der Waals surface area contributed by atoms with Crippen LogP contribution in [0.3, 0.4) is 0 Å². The number of carbonyl (C=O) groups is 1. The molecule has 1 saturated carbocycles. The van der Waals surface area contributed by atoms with E-state index in [2.05, 4.69) is 10.1 Å². The van der Waals surface area contributed by atoms with Gasteiger partial charge in [0.1, 0.15) is 5.15 Å². The zero-order valence-corrected chi connectivity index (χ0v) is 13.2. The van der Waals surface area contributed by atoms with Crippen LogP contribution in [0.5, 0.6) is 0 Å². The Morgan fingerprint density at radius 3 is 2.91 bits per heavy atom. The summed E-state index contributed by atoms with van der Waals surface area (Å²) in [5, 5.41) is 4.51. The fourth-order valence-electron chi connectivity index (χ4n) is 2.62. The molecule has 22 heavy (non-hydrogen) atoms. The van der Waals surface area contributed by atoms with E-state index in [4.69, 9.17) is 21.1 Å². The van der Waals surface area contributed by atoms with Gasteiger partial charge in [0.15, 0.2) is 11.3 Å². The first-order valence-corrected chi connectivity index (χ1v) is 7.89. The van der Waals surface area contributed by atoms with Crippen LogP contribution in [0, 0.1) is 0 Å². The molecule has 1 aliphatic carbocycles. The fourth-order valence-corrected chi connectivity index (χ4v) is 2.87. The second-order valence-corrected chi connectivity index (χ2v) is 5.69. The standard InChI is InChI=1S/C15H18ClN3O3/c1-2-21-15(20)12-8-14-17-10(7-13(16)19(14)18-12)9-22-11-5-3-4-6-11/h7-8,11H,2-6,9H2,1H3. The topological polar surface area (TPSA) is 65.7 Å². The molecule has 2 heterocycles. The van der Waals surface area contributed by atoms with Crippen LogP contribution in [0.1, 0.15) is 48.8 Å². The highest BCUT2D eigenvalue weighted by Crippen LogP contribution is 2.22. The lowest BCUT2D eigenvalue weighted by molar-refractivity contribution is 0.0438. The van der Waals surface area contributed by atoms with Crippen molar-refractivity contribution in [1.29, 1.82) is 0 Å². The molecule has 0 bridgehead atoms. The summed E-state index contributed by atoms with van der Waals surface area (Å²) in [7, 11) is 0. The predicted octanol–water partition coefficient (Wildman–Crippen LogP) is 3.02. The first-order valence-electron chi connectivity index (χ1n) is 7.51. The predicted molar refractivity (Wildman–Crippen MR) is 81.0 cm³/mol. The maximum absolute atomic E-state index is 11.7. The molecule has 7 heteroatoms. The third-order valence-corrected chi connectivity index (χ3v) is 3.96. The third-order valence-electron chi connectivity index (χ3n) is 3.69. The Kier molecular flexibility index (Phi) is 4.59. The summed E-state index contributed by atoms with van der Waals surface area (Å²) in [5.74, 6) is -0.479. The molecule has 3 rings (SSSR count). The van der Waals surface area contributed by atoms with Gasteiger partial charge in [0.05, 0.1) is 25.0 Å². The van der Waals surface area contributed by atoms with Crippen LogP contribution in [-0.4, -0.2) is 33.3 Å². The molecule has 2 aromatic rings. The van der Waals surface area contributed by atoms with E-state index in [1.165, 1.54) is 17.4 Å². The fraction of sp³-hybridized carbons (Fsp3) is 0.533. The second kappa shape index (κ2) is 6.62. The number of fused-ring (bicyclic) bond motifs is 1. The molecule has 0 N–H and O–H groups in total. The van der Waals surface area contributed by atoms with Crippen LogP contribution in [0.4, 0.5) is 0 Å². The number of rotatable bonds is 5. The normalized spacial score (nSPS) is 15.5. The molecular formula is C15H18ClN3O3. The van der Waals surface area contributed by atoms with Crippen molar-refractivity contribution in [2.75, 3.05) is 6.61 Å². The Morgan fingerprint density at radius 1 is 1.41 bits per heavy atom. The van der Waals surface area contributed by atoms with Gasteiger partial charge >= 0.3 is 5.97 Å². The Morgan fingerprint density at radius 2 is 2.18 bits per heavy atom. The number of hydrogen-bond donors (Lipinski definition) is 0. The van der Waals surface area contributed by atoms with Crippen molar-refractivity contribution in [3.63, 3.8) is 0 Å². The van der Waals surface area contributed by atoms with Gasteiger partial charge in [-0.05, 0) is 25.8 Å². The number of aromatic nitrogens is 3. The summed E-state index contributed by atoms with van der Waals surface area (Å²) in [6, 6.07) is 3.29. The lowest BCUT2D eigenvalue weighted by Crippen LogP contribution is -2.09. The number of carbonyl (C=O) groups excluding carboxylic acids is 1. The Labute approximate surface area is 133 Å². The molecule has 0 radical (unpaired) electrons. The summed E-state index contributed by atoms with van der Waals surface area (Å²) >= 11 is 6.21. The monoisotopic (exact) mass is 323 g/mol. The quantitative estimate of drug-likeness (QED) is 0.625. The van der Waals surface area contributed by atoms with Crippen molar-refractivity contribution >= 4 is 23.2 Å². The van der Waals surface area contributed by atoms with Crippen LogP contribution in [-0.2, 0) is 16.1 Å². The molecule has 118 valence electrons. The number of hydrogen-bond acceptors (Lipinski definition) is 5. The van der Waals surface area contributed by atoms with E-state index < -0.39 is 5.97 Å². The van der Waals surface area contributed by atoms with Crippen LogP contribution in [0.25, 0.3) is 5.65 Å². The summed E-state index contributed by atoms with van der Waals surface area (Å²) < 4.78 is 12.2. The van der Waals surface area contributed by atoms with Crippen molar-refractivity contribution in [2.24, 2.45) is 0 Å². The van der Waals surface area contributed by atoms with Gasteiger partial charge in [-0.25, -0.2) is 14.3 Å². The van der Waals surface area contributed by atoms with E-state index in [-0.39, 0.29) is 5.69 Å². The first kappa shape index (κ1) is 15.2. The highest BCUT2D eigenvalue weighted by molar-refractivity contribution is 6.29. The smallest absolute Gasteiger partial charge is 0.358 e. The van der Waals surface area contributed by atoms with E-state index in [1.807, 2.05) is 0 Å². The van der Waals surface area contributed by atoms with Gasteiger partial charge in [-0.3, -0.25) is 0 Å². The molecule has 1 aliphatic rings. The highest BCUT2D eigenvalue weighted by Gasteiger charge is 2.17. The Bertz CT molecular complexity index is 680. The van der Waals surface area contributed by atoms with Gasteiger partial charge in [0.2, 0.25) is 0 Å². The highest BCUT2D eigenvalue weighted by atomic mass is 35.5. The first-order chi connectivity index (χ1) is 10.7. The minimum Gasteiger partial charge on any atom is -0.461 e. The average molecular weight is 324 g/mol. The van der Waals surface area contributed by atoms with Crippen LogP contribution < -0.4 is 0 Å². The number of nitrogens with zero attached hydrogens (tertiary/aromatic N) is 3. The molecule has 0 aromatic carbocycles. The van der Waals surface area contributed by atoms with E-state index in [0.717, 1.165) is 18.5 Å². The maximum Gasteiger partial charge on any atom is 0.358 e. The Balaban J connectivity index is 1.79. The molecular weight excluding hydrogens is 306 g/mol. The molecule has 0 spiro atoms. The summed E-state index contributed by atoms with van der Waals surface area (Å²) in [4.78, 5) is 16.2. The van der Waals surface area contributed by atoms with Crippen molar-refractivity contribution in [1.82, 2.24) is 14.6 Å². The molecule has 0 amide bonds. The lowest BCUT2D eigenvalue weighted by Gasteiger charge is -2.10. The van der Waals surface area contributed by atoms with Crippen LogP contribution >= 0.6 is 11.6 Å². The minimum atomic E-state index is -0.479. The van der Waals surface area contributed by atoms with E-state index in [9.17, 15) is 4.79 Å². The van der Waals surface area contributed by atoms with Gasteiger partial charge < -0.3 is 9.47 Å². The second-order valence-electron chi connectivity index (χ2n) is 5.31. The van der Waals surface area contributed by atoms with Crippen molar-refractivity contribution in [3.05, 3.63) is 28.7 Å².